The number of ether oxygens (including phenoxy) is 2. The molecule has 2 rings (SSSR count). The molecule has 6 nitrogen and oxygen atoms in total. The van der Waals surface area contributed by atoms with E-state index in [-0.39, 0.29) is 19.1 Å². The normalized spacial score (nSPS) is 15.5. The number of rotatable bonds is 5. The summed E-state index contributed by atoms with van der Waals surface area (Å²) in [6.45, 7) is 3.39. The maximum atomic E-state index is 11.9. The summed E-state index contributed by atoms with van der Waals surface area (Å²) in [6.07, 6.45) is 0.411. The molecule has 0 saturated carbocycles. The van der Waals surface area contributed by atoms with E-state index in [1.165, 1.54) is 6.92 Å². The summed E-state index contributed by atoms with van der Waals surface area (Å²) >= 11 is 0. The zero-order valence-corrected chi connectivity index (χ0v) is 11.4. The number of carbonyl (C=O) groups is 2. The average Bonchev–Trinajstić information content (AvgIpc) is 2.85. The first kappa shape index (κ1) is 14.2. The number of aliphatic carboxylic acids is 1. The molecule has 0 bridgehead atoms. The highest BCUT2D eigenvalue weighted by Crippen LogP contribution is 2.32. The molecule has 1 aromatic rings. The lowest BCUT2D eigenvalue weighted by molar-refractivity contribution is -0.146. The van der Waals surface area contributed by atoms with Crippen LogP contribution in [0.3, 0.4) is 0 Å². The molecule has 1 unspecified atom stereocenters. The molecule has 2 N–H and O–H groups in total. The van der Waals surface area contributed by atoms with Gasteiger partial charge in [-0.15, -0.1) is 0 Å². The van der Waals surface area contributed by atoms with Gasteiger partial charge in [-0.05, 0) is 31.0 Å². The van der Waals surface area contributed by atoms with Crippen molar-refractivity contribution >= 4 is 11.9 Å². The van der Waals surface area contributed by atoms with E-state index in [4.69, 9.17) is 14.6 Å². The maximum Gasteiger partial charge on any atom is 0.329 e. The van der Waals surface area contributed by atoms with E-state index in [1.807, 2.05) is 0 Å². The van der Waals surface area contributed by atoms with Crippen molar-refractivity contribution in [3.8, 4) is 11.5 Å². The van der Waals surface area contributed by atoms with Gasteiger partial charge in [0.25, 0.3) is 0 Å². The molecule has 1 amide bonds. The monoisotopic (exact) mass is 279 g/mol. The fraction of sp³-hybridized carbons (Fsp3) is 0.429. The zero-order valence-electron chi connectivity index (χ0n) is 11.4. The van der Waals surface area contributed by atoms with Gasteiger partial charge in [0.2, 0.25) is 12.7 Å². The van der Waals surface area contributed by atoms with Crippen molar-refractivity contribution in [2.24, 2.45) is 0 Å². The van der Waals surface area contributed by atoms with Gasteiger partial charge in [0.05, 0.1) is 6.42 Å². The Bertz CT molecular complexity index is 542. The third-order valence-corrected chi connectivity index (χ3v) is 3.40. The van der Waals surface area contributed by atoms with Crippen LogP contribution < -0.4 is 14.8 Å². The molecule has 1 atom stereocenters. The lowest BCUT2D eigenvalue weighted by Gasteiger charge is -2.24. The zero-order chi connectivity index (χ0) is 14.8. The average molecular weight is 279 g/mol. The second-order valence-corrected chi connectivity index (χ2v) is 4.90. The van der Waals surface area contributed by atoms with Crippen LogP contribution in [0.1, 0.15) is 25.8 Å². The van der Waals surface area contributed by atoms with Crippen LogP contribution in [0.2, 0.25) is 0 Å². The molecule has 20 heavy (non-hydrogen) atoms. The van der Waals surface area contributed by atoms with E-state index in [0.29, 0.717) is 17.9 Å². The number of hydrogen-bond donors (Lipinski definition) is 2. The van der Waals surface area contributed by atoms with Crippen molar-refractivity contribution in [2.45, 2.75) is 32.2 Å². The van der Waals surface area contributed by atoms with Crippen LogP contribution in [0.25, 0.3) is 0 Å². The molecule has 0 aliphatic carbocycles. The Morgan fingerprint density at radius 1 is 1.35 bits per heavy atom. The second kappa shape index (κ2) is 5.40. The molecule has 108 valence electrons. The van der Waals surface area contributed by atoms with Crippen molar-refractivity contribution in [3.63, 3.8) is 0 Å². The van der Waals surface area contributed by atoms with Crippen LogP contribution in [-0.4, -0.2) is 29.3 Å². The fourth-order valence-electron chi connectivity index (χ4n) is 1.88. The Morgan fingerprint density at radius 2 is 2.05 bits per heavy atom. The van der Waals surface area contributed by atoms with Gasteiger partial charge >= 0.3 is 5.97 Å². The molecular formula is C14H17NO5. The lowest BCUT2D eigenvalue weighted by Crippen LogP contribution is -2.52. The van der Waals surface area contributed by atoms with E-state index in [9.17, 15) is 9.59 Å². The van der Waals surface area contributed by atoms with Gasteiger partial charge in [-0.3, -0.25) is 4.79 Å². The first-order valence-corrected chi connectivity index (χ1v) is 6.37. The number of hydrogen-bond acceptors (Lipinski definition) is 4. The fourth-order valence-corrected chi connectivity index (χ4v) is 1.88. The summed E-state index contributed by atoms with van der Waals surface area (Å²) in [5, 5.41) is 11.7. The van der Waals surface area contributed by atoms with E-state index >= 15 is 0 Å². The molecule has 0 spiro atoms. The van der Waals surface area contributed by atoms with E-state index in [0.717, 1.165) is 5.56 Å². The van der Waals surface area contributed by atoms with Crippen LogP contribution in [0.4, 0.5) is 0 Å². The molecule has 1 heterocycles. The number of nitrogens with one attached hydrogen (secondary N) is 1. The minimum atomic E-state index is -1.24. The van der Waals surface area contributed by atoms with Crippen molar-refractivity contribution in [3.05, 3.63) is 23.8 Å². The van der Waals surface area contributed by atoms with Crippen LogP contribution in [0, 0.1) is 0 Å². The summed E-state index contributed by atoms with van der Waals surface area (Å²) in [4.78, 5) is 23.1. The third kappa shape index (κ3) is 2.84. The second-order valence-electron chi connectivity index (χ2n) is 4.90. The van der Waals surface area contributed by atoms with Gasteiger partial charge in [0.15, 0.2) is 11.5 Å². The predicted octanol–water partition coefficient (Wildman–Crippen LogP) is 1.33. The highest BCUT2D eigenvalue weighted by Gasteiger charge is 2.32. The summed E-state index contributed by atoms with van der Waals surface area (Å²) < 4.78 is 10.4. The Hall–Kier alpha value is -2.24. The van der Waals surface area contributed by atoms with Crippen molar-refractivity contribution in [1.82, 2.24) is 5.32 Å². The SMILES string of the molecule is CCC(C)(NC(=O)Cc1ccc2c(c1)OCO2)C(=O)O. The molecule has 0 fully saturated rings. The summed E-state index contributed by atoms with van der Waals surface area (Å²) in [6, 6.07) is 5.23. The molecule has 0 aromatic heterocycles. The predicted molar refractivity (Wildman–Crippen MR) is 70.7 cm³/mol. The van der Waals surface area contributed by atoms with Gasteiger partial charge in [-0.2, -0.15) is 0 Å². The summed E-state index contributed by atoms with van der Waals surface area (Å²) in [5.41, 5.74) is -0.497. The quantitative estimate of drug-likeness (QED) is 0.849. The number of carbonyl (C=O) groups excluding carboxylic acids is 1. The van der Waals surface area contributed by atoms with Gasteiger partial charge in [-0.25, -0.2) is 4.79 Å². The number of carboxylic acid groups (broad SMARTS) is 1. The van der Waals surface area contributed by atoms with Crippen molar-refractivity contribution < 1.29 is 24.2 Å². The van der Waals surface area contributed by atoms with Crippen molar-refractivity contribution in [1.29, 1.82) is 0 Å². The number of fused-ring (bicyclic) bond motifs is 1. The topological polar surface area (TPSA) is 84.9 Å². The minimum absolute atomic E-state index is 0.0967. The third-order valence-electron chi connectivity index (χ3n) is 3.40. The molecule has 0 saturated heterocycles. The Labute approximate surface area is 116 Å². The Kier molecular flexibility index (Phi) is 3.83. The van der Waals surface area contributed by atoms with Gasteiger partial charge < -0.3 is 19.9 Å². The van der Waals surface area contributed by atoms with Crippen molar-refractivity contribution in [2.75, 3.05) is 6.79 Å². The Balaban J connectivity index is 2.03. The highest BCUT2D eigenvalue weighted by atomic mass is 16.7. The van der Waals surface area contributed by atoms with Gasteiger partial charge in [0, 0.05) is 0 Å². The standard InChI is InChI=1S/C14H17NO5/c1-3-14(2,13(17)18)15-12(16)7-9-4-5-10-11(6-9)20-8-19-10/h4-6H,3,7-8H2,1-2H3,(H,15,16)(H,17,18). The van der Waals surface area contributed by atoms with Crippen LogP contribution in [0.15, 0.2) is 18.2 Å². The molecule has 1 aromatic carbocycles. The van der Waals surface area contributed by atoms with Gasteiger partial charge in [-0.1, -0.05) is 13.0 Å². The molecule has 6 heteroatoms. The first-order valence-electron chi connectivity index (χ1n) is 6.37. The maximum absolute atomic E-state index is 11.9. The van der Waals surface area contributed by atoms with Crippen LogP contribution in [-0.2, 0) is 16.0 Å². The highest BCUT2D eigenvalue weighted by molar-refractivity contribution is 5.87. The number of amides is 1. The number of carboxylic acids is 1. The van der Waals surface area contributed by atoms with Gasteiger partial charge in [0.1, 0.15) is 5.54 Å². The largest absolute Gasteiger partial charge is 0.480 e. The Morgan fingerprint density at radius 3 is 2.70 bits per heavy atom. The lowest BCUT2D eigenvalue weighted by atomic mass is 9.98. The van der Waals surface area contributed by atoms with Crippen LogP contribution in [0.5, 0.6) is 11.5 Å². The van der Waals surface area contributed by atoms with E-state index in [2.05, 4.69) is 5.32 Å². The van der Waals surface area contributed by atoms with E-state index in [1.54, 1.807) is 25.1 Å². The smallest absolute Gasteiger partial charge is 0.329 e. The number of benzene rings is 1. The molecule has 1 aliphatic rings. The van der Waals surface area contributed by atoms with Crippen LogP contribution >= 0.6 is 0 Å². The summed E-state index contributed by atoms with van der Waals surface area (Å²) in [5.74, 6) is -0.125. The minimum Gasteiger partial charge on any atom is -0.480 e. The molecular weight excluding hydrogens is 262 g/mol. The molecule has 1 aliphatic heterocycles. The van der Waals surface area contributed by atoms with E-state index < -0.39 is 11.5 Å². The summed E-state index contributed by atoms with van der Waals surface area (Å²) in [7, 11) is 0. The molecule has 0 radical (unpaired) electrons. The first-order chi connectivity index (χ1) is 9.44.